The average Bonchev–Trinajstić information content (AvgIpc) is 2.63. The van der Waals surface area contributed by atoms with E-state index in [0.717, 1.165) is 18.3 Å². The third-order valence-electron chi connectivity index (χ3n) is 2.74. The van der Waals surface area contributed by atoms with Crippen molar-refractivity contribution in [3.8, 4) is 0 Å². The van der Waals surface area contributed by atoms with E-state index in [1.807, 2.05) is 17.9 Å². The maximum Gasteiger partial charge on any atom is 0.0522 e. The molecule has 1 N–H and O–H groups in total. The van der Waals surface area contributed by atoms with Crippen molar-refractivity contribution in [3.63, 3.8) is 0 Å². The first kappa shape index (κ1) is 12.7. The number of alkyl halides is 1. The molecule has 0 aliphatic rings. The zero-order chi connectivity index (χ0) is 11.3. The van der Waals surface area contributed by atoms with Gasteiger partial charge < -0.3 is 5.32 Å². The Morgan fingerprint density at radius 1 is 1.53 bits per heavy atom. The molecule has 86 valence electrons. The Balaban J connectivity index is 2.21. The fraction of sp³-hybridized carbons (Fsp3) is 0.727. The van der Waals surface area contributed by atoms with Gasteiger partial charge in [-0.2, -0.15) is 5.10 Å². The van der Waals surface area contributed by atoms with Gasteiger partial charge in [0.2, 0.25) is 0 Å². The van der Waals surface area contributed by atoms with Gasteiger partial charge in [0.1, 0.15) is 0 Å². The first-order chi connectivity index (χ1) is 7.13. The number of nitrogens with one attached hydrogen (secondary N) is 1. The van der Waals surface area contributed by atoms with Crippen molar-refractivity contribution in [2.75, 3.05) is 11.9 Å². The molecule has 2 unspecified atom stereocenters. The van der Waals surface area contributed by atoms with Crippen LogP contribution in [0.5, 0.6) is 0 Å². The maximum atomic E-state index is 4.15. The van der Waals surface area contributed by atoms with Crippen LogP contribution in [0.15, 0.2) is 12.4 Å². The van der Waals surface area contributed by atoms with E-state index in [1.54, 1.807) is 0 Å². The van der Waals surface area contributed by atoms with Gasteiger partial charge in [-0.15, -0.1) is 0 Å². The van der Waals surface area contributed by atoms with Gasteiger partial charge in [0.25, 0.3) is 0 Å². The molecule has 0 saturated heterocycles. The van der Waals surface area contributed by atoms with E-state index in [1.165, 1.54) is 5.56 Å². The molecule has 0 amide bonds. The Morgan fingerprint density at radius 3 is 2.80 bits per heavy atom. The fourth-order valence-electron chi connectivity index (χ4n) is 1.38. The van der Waals surface area contributed by atoms with Gasteiger partial charge >= 0.3 is 0 Å². The van der Waals surface area contributed by atoms with Crippen LogP contribution in [0.4, 0.5) is 0 Å². The molecule has 15 heavy (non-hydrogen) atoms. The summed E-state index contributed by atoms with van der Waals surface area (Å²) in [4.78, 5) is 0. The van der Waals surface area contributed by atoms with Crippen LogP contribution in [0.1, 0.15) is 19.4 Å². The lowest BCUT2D eigenvalue weighted by atomic mass is 10.1. The van der Waals surface area contributed by atoms with Gasteiger partial charge in [-0.1, -0.05) is 22.9 Å². The molecule has 0 aliphatic heterocycles. The predicted octanol–water partition coefficient (Wildman–Crippen LogP) is 1.97. The highest BCUT2D eigenvalue weighted by Gasteiger charge is 2.09. The summed E-state index contributed by atoms with van der Waals surface area (Å²) < 4.78 is 1.85. The third-order valence-corrected chi connectivity index (χ3v) is 3.76. The lowest BCUT2D eigenvalue weighted by molar-refractivity contribution is 0.437. The Morgan fingerprint density at radius 2 is 2.27 bits per heavy atom. The van der Waals surface area contributed by atoms with Crippen LogP contribution in [0.2, 0.25) is 0 Å². The molecule has 1 aromatic rings. The summed E-state index contributed by atoms with van der Waals surface area (Å²) in [5.74, 6) is 0.666. The predicted molar refractivity (Wildman–Crippen MR) is 67.3 cm³/mol. The summed E-state index contributed by atoms with van der Waals surface area (Å²) in [6.07, 6.45) is 5.05. The summed E-state index contributed by atoms with van der Waals surface area (Å²) >= 11 is 3.50. The minimum atomic E-state index is 0.557. The van der Waals surface area contributed by atoms with E-state index < -0.39 is 0 Å². The highest BCUT2D eigenvalue weighted by Crippen LogP contribution is 2.06. The van der Waals surface area contributed by atoms with Crippen LogP contribution in [-0.2, 0) is 13.5 Å². The van der Waals surface area contributed by atoms with Gasteiger partial charge in [-0.05, 0) is 31.4 Å². The molecule has 1 heterocycles. The molecule has 2 atom stereocenters. The Bertz CT molecular complexity index is 285. The molecule has 0 saturated carbocycles. The smallest absolute Gasteiger partial charge is 0.0522 e. The average molecular weight is 274 g/mol. The summed E-state index contributed by atoms with van der Waals surface area (Å²) in [6, 6.07) is 0.557. The summed E-state index contributed by atoms with van der Waals surface area (Å²) in [5, 5.41) is 8.72. The quantitative estimate of drug-likeness (QED) is 0.804. The number of nitrogens with zero attached hydrogens (tertiary/aromatic N) is 2. The van der Waals surface area contributed by atoms with E-state index >= 15 is 0 Å². The Kier molecular flexibility index (Phi) is 5.32. The molecule has 1 rings (SSSR count). The largest absolute Gasteiger partial charge is 0.314 e. The lowest BCUT2D eigenvalue weighted by Crippen LogP contribution is -2.34. The second-order valence-electron chi connectivity index (χ2n) is 4.15. The van der Waals surface area contributed by atoms with Crippen molar-refractivity contribution >= 4 is 15.9 Å². The molecule has 1 aromatic heterocycles. The topological polar surface area (TPSA) is 29.9 Å². The first-order valence-electron chi connectivity index (χ1n) is 5.40. The molecule has 0 spiro atoms. The van der Waals surface area contributed by atoms with Crippen molar-refractivity contribution < 1.29 is 0 Å². The molecule has 0 aromatic carbocycles. The van der Waals surface area contributed by atoms with Gasteiger partial charge in [0.15, 0.2) is 0 Å². The number of aromatic nitrogens is 2. The fourth-order valence-corrected chi connectivity index (χ4v) is 1.94. The van der Waals surface area contributed by atoms with Gasteiger partial charge in [0.05, 0.1) is 6.20 Å². The molecule has 0 aliphatic carbocycles. The molecule has 3 nitrogen and oxygen atoms in total. The number of rotatable bonds is 6. The molecule has 0 radical (unpaired) electrons. The van der Waals surface area contributed by atoms with E-state index in [-0.39, 0.29) is 0 Å². The standard InChI is InChI=1S/C11H20BrN3/c1-9(6-12)10(2)13-5-4-11-7-14-15(3)8-11/h7-10,13H,4-6H2,1-3H3. The molecule has 0 bridgehead atoms. The highest BCUT2D eigenvalue weighted by atomic mass is 79.9. The number of aryl methyl sites for hydroxylation is 1. The Hall–Kier alpha value is -0.350. The van der Waals surface area contributed by atoms with Crippen LogP contribution in [0.3, 0.4) is 0 Å². The SMILES string of the molecule is CC(CBr)C(C)NCCc1cnn(C)c1. The zero-order valence-corrected chi connectivity index (χ0v) is 11.3. The third kappa shape index (κ3) is 4.34. The van der Waals surface area contributed by atoms with Crippen molar-refractivity contribution in [2.24, 2.45) is 13.0 Å². The number of hydrogen-bond donors (Lipinski definition) is 1. The monoisotopic (exact) mass is 273 g/mol. The van der Waals surface area contributed by atoms with Gasteiger partial charge in [-0.3, -0.25) is 4.68 Å². The molecular weight excluding hydrogens is 254 g/mol. The minimum Gasteiger partial charge on any atom is -0.314 e. The molecule has 4 heteroatoms. The molecular formula is C11H20BrN3. The van der Waals surface area contributed by atoms with Crippen molar-refractivity contribution in [2.45, 2.75) is 26.3 Å². The second-order valence-corrected chi connectivity index (χ2v) is 4.79. The van der Waals surface area contributed by atoms with Gasteiger partial charge in [0, 0.05) is 24.6 Å². The lowest BCUT2D eigenvalue weighted by Gasteiger charge is -2.18. The van der Waals surface area contributed by atoms with Crippen molar-refractivity contribution in [1.29, 1.82) is 0 Å². The van der Waals surface area contributed by atoms with E-state index in [9.17, 15) is 0 Å². The summed E-state index contributed by atoms with van der Waals surface area (Å²) in [6.45, 7) is 5.50. The van der Waals surface area contributed by atoms with Crippen LogP contribution in [0, 0.1) is 5.92 Å². The highest BCUT2D eigenvalue weighted by molar-refractivity contribution is 9.09. The molecule has 0 fully saturated rings. The second kappa shape index (κ2) is 6.28. The van der Waals surface area contributed by atoms with E-state index in [2.05, 4.69) is 46.4 Å². The van der Waals surface area contributed by atoms with Crippen LogP contribution in [-0.4, -0.2) is 27.7 Å². The number of halogens is 1. The zero-order valence-electron chi connectivity index (χ0n) is 9.70. The van der Waals surface area contributed by atoms with Crippen LogP contribution >= 0.6 is 15.9 Å². The normalized spacial score (nSPS) is 15.2. The van der Waals surface area contributed by atoms with Crippen LogP contribution in [0.25, 0.3) is 0 Å². The van der Waals surface area contributed by atoms with Gasteiger partial charge in [-0.25, -0.2) is 0 Å². The van der Waals surface area contributed by atoms with Crippen molar-refractivity contribution in [3.05, 3.63) is 18.0 Å². The Labute approximate surface area is 100 Å². The van der Waals surface area contributed by atoms with Crippen molar-refractivity contribution in [1.82, 2.24) is 15.1 Å². The summed E-state index contributed by atoms with van der Waals surface area (Å²) in [5.41, 5.74) is 1.30. The number of hydrogen-bond acceptors (Lipinski definition) is 2. The first-order valence-corrected chi connectivity index (χ1v) is 6.52. The van der Waals surface area contributed by atoms with E-state index in [0.29, 0.717) is 12.0 Å². The summed E-state index contributed by atoms with van der Waals surface area (Å²) in [7, 11) is 1.95. The van der Waals surface area contributed by atoms with E-state index in [4.69, 9.17) is 0 Å². The minimum absolute atomic E-state index is 0.557. The van der Waals surface area contributed by atoms with Crippen LogP contribution < -0.4 is 5.32 Å². The maximum absolute atomic E-state index is 4.15.